The summed E-state index contributed by atoms with van der Waals surface area (Å²) in [6, 6.07) is 4.55. The van der Waals surface area contributed by atoms with Crippen LogP contribution in [-0.2, 0) is 14.5 Å². The smallest absolute Gasteiger partial charge is 0.317 e. The largest absolute Gasteiger partial charge is 0.481 e. The molecule has 7 heteroatoms. The van der Waals surface area contributed by atoms with Gasteiger partial charge in [-0.1, -0.05) is 6.07 Å². The van der Waals surface area contributed by atoms with E-state index in [-0.39, 0.29) is 5.03 Å². The molecule has 1 unspecified atom stereocenters. The average Bonchev–Trinajstić information content (AvgIpc) is 2.01. The quantitative estimate of drug-likeness (QED) is 0.817. The SMILES string of the molecule is N=S(=O)(CC(=O)O)c1cccc(Br)n1. The summed E-state index contributed by atoms with van der Waals surface area (Å²) >= 11 is 3.05. The van der Waals surface area contributed by atoms with Gasteiger partial charge in [0, 0.05) is 0 Å². The molecule has 0 saturated heterocycles. The number of carbonyl (C=O) groups is 1. The van der Waals surface area contributed by atoms with Crippen molar-refractivity contribution in [3.05, 3.63) is 22.8 Å². The van der Waals surface area contributed by atoms with Crippen molar-refractivity contribution in [2.75, 3.05) is 5.75 Å². The summed E-state index contributed by atoms with van der Waals surface area (Å²) in [6.45, 7) is 0. The summed E-state index contributed by atoms with van der Waals surface area (Å²) in [5.41, 5.74) is 0. The molecule has 0 saturated carbocycles. The van der Waals surface area contributed by atoms with Gasteiger partial charge >= 0.3 is 5.97 Å². The van der Waals surface area contributed by atoms with E-state index in [1.54, 1.807) is 12.1 Å². The molecule has 1 aromatic rings. The number of pyridine rings is 1. The summed E-state index contributed by atoms with van der Waals surface area (Å²) in [7, 11) is -3.32. The summed E-state index contributed by atoms with van der Waals surface area (Å²) in [4.78, 5) is 14.1. The first-order valence-corrected chi connectivity index (χ1v) is 6.05. The second kappa shape index (κ2) is 4.05. The first kappa shape index (κ1) is 11.1. The van der Waals surface area contributed by atoms with Crippen molar-refractivity contribution < 1.29 is 14.1 Å². The third-order valence-corrected chi connectivity index (χ3v) is 3.35. The predicted octanol–water partition coefficient (Wildman–Crippen LogP) is 1.33. The van der Waals surface area contributed by atoms with Gasteiger partial charge in [-0.05, 0) is 28.1 Å². The minimum Gasteiger partial charge on any atom is -0.481 e. The number of rotatable bonds is 3. The van der Waals surface area contributed by atoms with E-state index in [1.165, 1.54) is 6.07 Å². The van der Waals surface area contributed by atoms with Crippen molar-refractivity contribution in [2.24, 2.45) is 0 Å². The highest BCUT2D eigenvalue weighted by Gasteiger charge is 2.16. The average molecular weight is 279 g/mol. The lowest BCUT2D eigenvalue weighted by Crippen LogP contribution is -2.15. The molecule has 0 aliphatic carbocycles. The molecular weight excluding hydrogens is 272 g/mol. The number of hydrogen-bond acceptors (Lipinski definition) is 4. The number of carboxylic acids is 1. The van der Waals surface area contributed by atoms with Crippen molar-refractivity contribution in [2.45, 2.75) is 5.03 Å². The maximum atomic E-state index is 11.6. The minimum absolute atomic E-state index is 0.0192. The molecule has 14 heavy (non-hydrogen) atoms. The van der Waals surface area contributed by atoms with Crippen molar-refractivity contribution in [1.29, 1.82) is 4.78 Å². The Kier molecular flexibility index (Phi) is 3.22. The van der Waals surface area contributed by atoms with Crippen LogP contribution in [0, 0.1) is 4.78 Å². The number of nitrogens with zero attached hydrogens (tertiary/aromatic N) is 1. The summed E-state index contributed by atoms with van der Waals surface area (Å²) in [5, 5.41) is 8.42. The van der Waals surface area contributed by atoms with Crippen LogP contribution >= 0.6 is 15.9 Å². The monoisotopic (exact) mass is 278 g/mol. The fourth-order valence-electron chi connectivity index (χ4n) is 0.821. The fourth-order valence-corrected chi connectivity index (χ4v) is 2.32. The van der Waals surface area contributed by atoms with Crippen molar-refractivity contribution in [3.8, 4) is 0 Å². The van der Waals surface area contributed by atoms with E-state index in [9.17, 15) is 9.00 Å². The van der Waals surface area contributed by atoms with Crippen LogP contribution in [0.2, 0.25) is 0 Å². The molecule has 0 fully saturated rings. The predicted molar refractivity (Wildman–Crippen MR) is 53.6 cm³/mol. The summed E-state index contributed by atoms with van der Waals surface area (Å²) in [6.07, 6.45) is 0. The lowest BCUT2D eigenvalue weighted by Gasteiger charge is -2.03. The van der Waals surface area contributed by atoms with E-state index in [0.29, 0.717) is 4.60 Å². The van der Waals surface area contributed by atoms with Gasteiger partial charge in [-0.3, -0.25) is 4.79 Å². The van der Waals surface area contributed by atoms with Crippen molar-refractivity contribution in [3.63, 3.8) is 0 Å². The molecular formula is C7H7BrN2O3S. The van der Waals surface area contributed by atoms with Gasteiger partial charge in [0.1, 0.15) is 25.1 Å². The number of nitrogens with one attached hydrogen (secondary N) is 1. The second-order valence-electron chi connectivity index (χ2n) is 2.51. The second-order valence-corrected chi connectivity index (χ2v) is 5.38. The molecule has 2 N–H and O–H groups in total. The summed E-state index contributed by atoms with van der Waals surface area (Å²) in [5.74, 6) is -2.00. The Hall–Kier alpha value is -0.950. The van der Waals surface area contributed by atoms with Gasteiger partial charge < -0.3 is 5.11 Å². The molecule has 0 amide bonds. The normalized spacial score (nSPS) is 14.6. The zero-order chi connectivity index (χ0) is 10.8. The van der Waals surface area contributed by atoms with Crippen molar-refractivity contribution >= 4 is 31.6 Å². The maximum Gasteiger partial charge on any atom is 0.317 e. The van der Waals surface area contributed by atoms with Gasteiger partial charge in [0.25, 0.3) is 0 Å². The van der Waals surface area contributed by atoms with E-state index in [1.807, 2.05) is 0 Å². The van der Waals surface area contributed by atoms with E-state index in [2.05, 4.69) is 20.9 Å². The highest BCUT2D eigenvalue weighted by Crippen LogP contribution is 2.12. The lowest BCUT2D eigenvalue weighted by atomic mass is 10.5. The van der Waals surface area contributed by atoms with Crippen LogP contribution in [0.1, 0.15) is 0 Å². The molecule has 76 valence electrons. The van der Waals surface area contributed by atoms with Crippen molar-refractivity contribution in [1.82, 2.24) is 4.98 Å². The number of aromatic nitrogens is 1. The standard InChI is InChI=1S/C7H7BrN2O3S/c8-5-2-1-3-6(10-5)14(9,13)4-7(11)12/h1-3,9H,4H2,(H,11,12). The Morgan fingerprint density at radius 3 is 2.79 bits per heavy atom. The topological polar surface area (TPSA) is 91.1 Å². The molecule has 1 heterocycles. The molecule has 1 aromatic heterocycles. The summed E-state index contributed by atoms with van der Waals surface area (Å²) < 4.78 is 19.3. The maximum absolute atomic E-state index is 11.6. The Morgan fingerprint density at radius 1 is 1.64 bits per heavy atom. The first-order chi connectivity index (χ1) is 6.42. The van der Waals surface area contributed by atoms with Gasteiger partial charge in [0.05, 0.1) is 0 Å². The third-order valence-electron chi connectivity index (χ3n) is 1.35. The van der Waals surface area contributed by atoms with Gasteiger partial charge in [-0.15, -0.1) is 0 Å². The first-order valence-electron chi connectivity index (χ1n) is 3.53. The van der Waals surface area contributed by atoms with Crippen LogP contribution in [0.3, 0.4) is 0 Å². The Bertz CT molecular complexity index is 458. The molecule has 0 bridgehead atoms. The molecule has 0 aliphatic rings. The lowest BCUT2D eigenvalue weighted by molar-refractivity contribution is -0.134. The Morgan fingerprint density at radius 2 is 2.29 bits per heavy atom. The number of halogens is 1. The number of aliphatic carboxylic acids is 1. The minimum atomic E-state index is -3.32. The molecule has 0 aromatic carbocycles. The van der Waals surface area contributed by atoms with Gasteiger partial charge in [0.2, 0.25) is 0 Å². The fraction of sp³-hybridized carbons (Fsp3) is 0.143. The molecule has 1 rings (SSSR count). The third kappa shape index (κ3) is 2.78. The zero-order valence-electron chi connectivity index (χ0n) is 6.94. The molecule has 1 atom stereocenters. The number of carboxylic acid groups (broad SMARTS) is 1. The van der Waals surface area contributed by atoms with E-state index in [4.69, 9.17) is 9.89 Å². The zero-order valence-corrected chi connectivity index (χ0v) is 9.34. The Labute approximate surface area is 89.3 Å². The molecule has 0 radical (unpaired) electrons. The van der Waals surface area contributed by atoms with Gasteiger partial charge in [-0.25, -0.2) is 14.0 Å². The van der Waals surface area contributed by atoms with Crippen LogP contribution in [0.15, 0.2) is 27.8 Å². The van der Waals surface area contributed by atoms with E-state index in [0.717, 1.165) is 0 Å². The van der Waals surface area contributed by atoms with Crippen LogP contribution in [0.25, 0.3) is 0 Å². The Balaban J connectivity index is 3.11. The van der Waals surface area contributed by atoms with Crippen LogP contribution in [0.4, 0.5) is 0 Å². The highest BCUT2D eigenvalue weighted by molar-refractivity contribution is 9.10. The highest BCUT2D eigenvalue weighted by atomic mass is 79.9. The van der Waals surface area contributed by atoms with E-state index >= 15 is 0 Å². The molecule has 0 spiro atoms. The van der Waals surface area contributed by atoms with Gasteiger partial charge in [0.15, 0.2) is 0 Å². The van der Waals surface area contributed by atoms with Crippen LogP contribution in [-0.4, -0.2) is 26.0 Å². The van der Waals surface area contributed by atoms with Crippen LogP contribution < -0.4 is 0 Å². The van der Waals surface area contributed by atoms with Gasteiger partial charge in [-0.2, -0.15) is 0 Å². The molecule has 0 aliphatic heterocycles. The number of hydrogen-bond donors (Lipinski definition) is 2. The van der Waals surface area contributed by atoms with Crippen LogP contribution in [0.5, 0.6) is 0 Å². The molecule has 5 nitrogen and oxygen atoms in total. The van der Waals surface area contributed by atoms with E-state index < -0.39 is 21.5 Å².